The molecule has 3 N–H and O–H groups in total. The summed E-state index contributed by atoms with van der Waals surface area (Å²) in [5.74, 6) is -0.183. The van der Waals surface area contributed by atoms with Crippen molar-refractivity contribution in [2.45, 2.75) is 0 Å². The molecule has 2 aromatic rings. The van der Waals surface area contributed by atoms with E-state index in [1.54, 1.807) is 18.2 Å². The van der Waals surface area contributed by atoms with Crippen LogP contribution in [0.4, 0.5) is 5.69 Å². The fourth-order valence-corrected chi connectivity index (χ4v) is 2.01. The van der Waals surface area contributed by atoms with E-state index in [9.17, 15) is 4.79 Å². The van der Waals surface area contributed by atoms with Crippen molar-refractivity contribution in [2.75, 3.05) is 20.0 Å². The number of carboxylic acids is 1. The van der Waals surface area contributed by atoms with E-state index in [1.807, 2.05) is 0 Å². The number of nitrogen functional groups attached to an aromatic ring is 1. The maximum absolute atomic E-state index is 11.1. The summed E-state index contributed by atoms with van der Waals surface area (Å²) in [7, 11) is 3.03. The van der Waals surface area contributed by atoms with Gasteiger partial charge < -0.3 is 20.3 Å². The van der Waals surface area contributed by atoms with Gasteiger partial charge in [-0.1, -0.05) is 11.6 Å². The molecular formula is C14H13ClN2O4. The number of carboxylic acid groups (broad SMARTS) is 1. The molecule has 0 aliphatic rings. The smallest absolute Gasteiger partial charge is 0.356 e. The topological polar surface area (TPSA) is 94.7 Å². The Morgan fingerprint density at radius 3 is 2.48 bits per heavy atom. The minimum absolute atomic E-state index is 0.0771. The van der Waals surface area contributed by atoms with Crippen LogP contribution >= 0.6 is 11.6 Å². The molecule has 0 aliphatic carbocycles. The quantitative estimate of drug-likeness (QED) is 0.901. The number of aromatic nitrogens is 1. The van der Waals surface area contributed by atoms with Gasteiger partial charge in [-0.25, -0.2) is 9.78 Å². The van der Waals surface area contributed by atoms with Gasteiger partial charge in [-0.2, -0.15) is 0 Å². The van der Waals surface area contributed by atoms with Crippen LogP contribution in [0, 0.1) is 0 Å². The van der Waals surface area contributed by atoms with E-state index < -0.39 is 5.97 Å². The number of ether oxygens (including phenoxy) is 2. The fourth-order valence-electron chi connectivity index (χ4n) is 1.83. The van der Waals surface area contributed by atoms with Crippen LogP contribution < -0.4 is 15.2 Å². The summed E-state index contributed by atoms with van der Waals surface area (Å²) in [5.41, 5.74) is 6.61. The molecule has 0 spiro atoms. The Bertz CT molecular complexity index is 704. The van der Waals surface area contributed by atoms with Crippen LogP contribution in [-0.4, -0.2) is 30.3 Å². The lowest BCUT2D eigenvalue weighted by atomic mass is 10.1. The van der Waals surface area contributed by atoms with Gasteiger partial charge >= 0.3 is 5.97 Å². The molecule has 2 rings (SSSR count). The normalized spacial score (nSPS) is 10.2. The average molecular weight is 309 g/mol. The lowest BCUT2D eigenvalue weighted by Gasteiger charge is -2.11. The standard InChI is InChI=1S/C14H13ClN2O4/c1-20-10-4-3-7(5-11(10)21-2)9-6-8(16)12(15)13(17-9)14(18)19/h3-6H,1-2H3,(H2,16,17)(H,18,19). The maximum atomic E-state index is 11.1. The third-order valence-corrected chi connectivity index (χ3v) is 3.26. The van der Waals surface area contributed by atoms with Gasteiger partial charge in [0.15, 0.2) is 17.2 Å². The van der Waals surface area contributed by atoms with Crippen molar-refractivity contribution >= 4 is 23.3 Å². The van der Waals surface area contributed by atoms with Crippen molar-refractivity contribution in [2.24, 2.45) is 0 Å². The molecule has 1 aromatic carbocycles. The van der Waals surface area contributed by atoms with Crippen LogP contribution in [0.2, 0.25) is 5.02 Å². The highest BCUT2D eigenvalue weighted by molar-refractivity contribution is 6.35. The summed E-state index contributed by atoms with van der Waals surface area (Å²) in [6, 6.07) is 6.61. The summed E-state index contributed by atoms with van der Waals surface area (Å²) in [6.07, 6.45) is 0. The Labute approximate surface area is 126 Å². The van der Waals surface area contributed by atoms with E-state index in [0.717, 1.165) is 0 Å². The largest absolute Gasteiger partial charge is 0.493 e. The second-order valence-corrected chi connectivity index (χ2v) is 4.51. The molecule has 1 heterocycles. The molecule has 1 aromatic heterocycles. The zero-order valence-electron chi connectivity index (χ0n) is 11.4. The van der Waals surface area contributed by atoms with Crippen LogP contribution in [0.1, 0.15) is 10.5 Å². The number of methoxy groups -OCH3 is 2. The van der Waals surface area contributed by atoms with E-state index in [2.05, 4.69) is 4.98 Å². The number of anilines is 1. The molecule has 21 heavy (non-hydrogen) atoms. The Balaban J connectivity index is 2.59. The third kappa shape index (κ3) is 2.85. The van der Waals surface area contributed by atoms with Crippen molar-refractivity contribution in [1.82, 2.24) is 4.98 Å². The van der Waals surface area contributed by atoms with E-state index in [0.29, 0.717) is 22.8 Å². The fraction of sp³-hybridized carbons (Fsp3) is 0.143. The van der Waals surface area contributed by atoms with Crippen LogP contribution in [0.25, 0.3) is 11.3 Å². The van der Waals surface area contributed by atoms with Crippen LogP contribution in [-0.2, 0) is 0 Å². The predicted molar refractivity (Wildman–Crippen MR) is 79.2 cm³/mol. The van der Waals surface area contributed by atoms with Gasteiger partial charge in [0.05, 0.1) is 30.6 Å². The highest BCUT2D eigenvalue weighted by Gasteiger charge is 2.16. The molecular weight excluding hydrogens is 296 g/mol. The van der Waals surface area contributed by atoms with Crippen LogP contribution in [0.5, 0.6) is 11.5 Å². The number of halogens is 1. The zero-order chi connectivity index (χ0) is 15.6. The Kier molecular flexibility index (Phi) is 4.18. The van der Waals surface area contributed by atoms with E-state index in [1.165, 1.54) is 20.3 Å². The monoisotopic (exact) mass is 308 g/mol. The lowest BCUT2D eigenvalue weighted by Crippen LogP contribution is -2.05. The second kappa shape index (κ2) is 5.88. The summed E-state index contributed by atoms with van der Waals surface area (Å²) in [4.78, 5) is 15.2. The van der Waals surface area contributed by atoms with Gasteiger partial charge in [0.25, 0.3) is 0 Å². The molecule has 0 fully saturated rings. The molecule has 0 atom stereocenters. The van der Waals surface area contributed by atoms with Crippen molar-refractivity contribution < 1.29 is 19.4 Å². The number of nitrogens with zero attached hydrogens (tertiary/aromatic N) is 1. The van der Waals surface area contributed by atoms with Crippen molar-refractivity contribution in [1.29, 1.82) is 0 Å². The molecule has 0 unspecified atom stereocenters. The number of pyridine rings is 1. The van der Waals surface area contributed by atoms with Gasteiger partial charge in [-0.3, -0.25) is 0 Å². The summed E-state index contributed by atoms with van der Waals surface area (Å²) >= 11 is 5.84. The predicted octanol–water partition coefficient (Wildman–Crippen LogP) is 2.70. The number of nitrogens with two attached hydrogens (primary N) is 1. The van der Waals surface area contributed by atoms with Gasteiger partial charge in [0.1, 0.15) is 0 Å². The van der Waals surface area contributed by atoms with Crippen LogP contribution in [0.15, 0.2) is 24.3 Å². The molecule has 0 radical (unpaired) electrons. The Morgan fingerprint density at radius 1 is 1.24 bits per heavy atom. The first-order valence-electron chi connectivity index (χ1n) is 5.89. The maximum Gasteiger partial charge on any atom is 0.356 e. The summed E-state index contributed by atoms with van der Waals surface area (Å²) in [5, 5.41) is 9.02. The van der Waals surface area contributed by atoms with Crippen molar-refractivity contribution in [3.05, 3.63) is 35.0 Å². The average Bonchev–Trinajstić information content (AvgIpc) is 2.48. The first-order chi connectivity index (χ1) is 9.97. The Hall–Kier alpha value is -2.47. The van der Waals surface area contributed by atoms with Crippen molar-refractivity contribution in [3.8, 4) is 22.8 Å². The lowest BCUT2D eigenvalue weighted by molar-refractivity contribution is 0.0691. The van der Waals surface area contributed by atoms with Gasteiger partial charge in [0.2, 0.25) is 0 Å². The number of benzene rings is 1. The van der Waals surface area contributed by atoms with Gasteiger partial charge in [-0.05, 0) is 24.3 Å². The number of carbonyl (C=O) groups is 1. The summed E-state index contributed by atoms with van der Waals surface area (Å²) < 4.78 is 10.4. The highest BCUT2D eigenvalue weighted by atomic mass is 35.5. The minimum Gasteiger partial charge on any atom is -0.493 e. The number of hydrogen-bond acceptors (Lipinski definition) is 5. The van der Waals surface area contributed by atoms with Crippen molar-refractivity contribution in [3.63, 3.8) is 0 Å². The third-order valence-electron chi connectivity index (χ3n) is 2.87. The van der Waals surface area contributed by atoms with Crippen LogP contribution in [0.3, 0.4) is 0 Å². The van der Waals surface area contributed by atoms with E-state index in [-0.39, 0.29) is 16.4 Å². The Morgan fingerprint density at radius 2 is 1.90 bits per heavy atom. The van der Waals surface area contributed by atoms with Gasteiger partial charge in [0, 0.05) is 5.56 Å². The number of aromatic carboxylic acids is 1. The molecule has 0 saturated carbocycles. The minimum atomic E-state index is -1.24. The molecule has 0 bridgehead atoms. The zero-order valence-corrected chi connectivity index (χ0v) is 12.1. The molecule has 6 nitrogen and oxygen atoms in total. The van der Waals surface area contributed by atoms with E-state index in [4.69, 9.17) is 31.9 Å². The number of rotatable bonds is 4. The molecule has 0 saturated heterocycles. The first-order valence-corrected chi connectivity index (χ1v) is 6.27. The molecule has 110 valence electrons. The highest BCUT2D eigenvalue weighted by Crippen LogP contribution is 2.34. The molecule has 7 heteroatoms. The van der Waals surface area contributed by atoms with E-state index >= 15 is 0 Å². The van der Waals surface area contributed by atoms with Gasteiger partial charge in [-0.15, -0.1) is 0 Å². The SMILES string of the molecule is COc1ccc(-c2cc(N)c(Cl)c(C(=O)O)n2)cc1OC. The number of hydrogen-bond donors (Lipinski definition) is 2. The first kappa shape index (κ1) is 14.9. The molecule has 0 aliphatic heterocycles. The second-order valence-electron chi connectivity index (χ2n) is 4.13. The summed E-state index contributed by atoms with van der Waals surface area (Å²) in [6.45, 7) is 0. The molecule has 0 amide bonds.